The number of carbonyl (C=O) groups excluding carboxylic acids is 1. The Kier molecular flexibility index (Phi) is 4.30. The fraction of sp³-hybridized carbons (Fsp3) is 0.111. The van der Waals surface area contributed by atoms with E-state index in [1.807, 2.05) is 68.4 Å². The van der Waals surface area contributed by atoms with Crippen molar-refractivity contribution in [2.75, 3.05) is 5.32 Å². The van der Waals surface area contributed by atoms with Crippen LogP contribution in [0.15, 0.2) is 59.1 Å². The zero-order valence-electron chi connectivity index (χ0n) is 12.9. The molecule has 3 aromatic rings. The van der Waals surface area contributed by atoms with E-state index in [4.69, 9.17) is 0 Å². The fourth-order valence-electron chi connectivity index (χ4n) is 2.55. The Labute approximate surface area is 143 Å². The average molecular weight is 370 g/mol. The smallest absolute Gasteiger partial charge is 0.259 e. The number of halogens is 1. The molecular weight excluding hydrogens is 354 g/mol. The van der Waals surface area contributed by atoms with Crippen molar-refractivity contribution >= 4 is 27.5 Å². The minimum absolute atomic E-state index is 0.153. The quantitative estimate of drug-likeness (QED) is 0.738. The summed E-state index contributed by atoms with van der Waals surface area (Å²) in [5.74, 6) is -0.153. The van der Waals surface area contributed by atoms with E-state index in [2.05, 4.69) is 26.3 Å². The first-order valence-electron chi connectivity index (χ1n) is 7.25. The van der Waals surface area contributed by atoms with E-state index in [0.717, 1.165) is 21.5 Å². The molecule has 0 saturated carbocycles. The highest BCUT2D eigenvalue weighted by Crippen LogP contribution is 2.21. The molecule has 0 unspecified atom stereocenters. The number of hydrogen-bond donors (Lipinski definition) is 1. The highest BCUT2D eigenvalue weighted by Gasteiger charge is 2.19. The number of nitrogens with zero attached hydrogens (tertiary/aromatic N) is 2. The van der Waals surface area contributed by atoms with Gasteiger partial charge < -0.3 is 5.32 Å². The summed E-state index contributed by atoms with van der Waals surface area (Å²) in [6.07, 6.45) is 0. The number of benzene rings is 2. The number of nitrogens with one attached hydrogen (secondary N) is 1. The summed E-state index contributed by atoms with van der Waals surface area (Å²) in [4.78, 5) is 12.6. The standard InChI is InChI=1S/C18H16BrN3O/c1-12-17(18(23)20-15-8-6-7-14(19)11-15)13(2)22(21-12)16-9-4-3-5-10-16/h3-11H,1-2H3,(H,20,23). The lowest BCUT2D eigenvalue weighted by Gasteiger charge is -2.07. The average Bonchev–Trinajstić information content (AvgIpc) is 2.83. The number of carbonyl (C=O) groups is 1. The predicted molar refractivity (Wildman–Crippen MR) is 95.1 cm³/mol. The fourth-order valence-corrected chi connectivity index (χ4v) is 2.95. The van der Waals surface area contributed by atoms with Crippen LogP contribution in [0.25, 0.3) is 5.69 Å². The van der Waals surface area contributed by atoms with Crippen molar-refractivity contribution in [1.82, 2.24) is 9.78 Å². The molecule has 0 saturated heterocycles. The van der Waals surface area contributed by atoms with Gasteiger partial charge in [-0.3, -0.25) is 4.79 Å². The van der Waals surface area contributed by atoms with Crippen LogP contribution in [0.1, 0.15) is 21.7 Å². The summed E-state index contributed by atoms with van der Waals surface area (Å²) in [6.45, 7) is 3.76. The summed E-state index contributed by atoms with van der Waals surface area (Å²) in [5.41, 5.74) is 3.82. The zero-order valence-corrected chi connectivity index (χ0v) is 14.5. The third kappa shape index (κ3) is 3.19. The Morgan fingerprint density at radius 3 is 2.52 bits per heavy atom. The van der Waals surface area contributed by atoms with E-state index in [1.54, 1.807) is 4.68 Å². The van der Waals surface area contributed by atoms with Gasteiger partial charge in [0.15, 0.2) is 0 Å². The SMILES string of the molecule is Cc1nn(-c2ccccc2)c(C)c1C(=O)Nc1cccc(Br)c1. The molecule has 1 amide bonds. The van der Waals surface area contributed by atoms with Crippen molar-refractivity contribution in [3.05, 3.63) is 76.0 Å². The van der Waals surface area contributed by atoms with Gasteiger partial charge >= 0.3 is 0 Å². The van der Waals surface area contributed by atoms with Gasteiger partial charge in [-0.25, -0.2) is 4.68 Å². The molecule has 4 nitrogen and oxygen atoms in total. The summed E-state index contributed by atoms with van der Waals surface area (Å²) in [6, 6.07) is 17.3. The van der Waals surface area contributed by atoms with Gasteiger partial charge in [-0.1, -0.05) is 40.2 Å². The van der Waals surface area contributed by atoms with Crippen LogP contribution >= 0.6 is 15.9 Å². The molecule has 1 N–H and O–H groups in total. The second kappa shape index (κ2) is 6.38. The van der Waals surface area contributed by atoms with Gasteiger partial charge in [-0.05, 0) is 44.2 Å². The molecule has 1 heterocycles. The van der Waals surface area contributed by atoms with Crippen LogP contribution in [0.3, 0.4) is 0 Å². The molecule has 0 fully saturated rings. The number of rotatable bonds is 3. The summed E-state index contributed by atoms with van der Waals surface area (Å²) in [7, 11) is 0. The van der Waals surface area contributed by atoms with Gasteiger partial charge in [0.1, 0.15) is 0 Å². The lowest BCUT2D eigenvalue weighted by molar-refractivity contribution is 0.102. The molecule has 0 bridgehead atoms. The van der Waals surface area contributed by atoms with Gasteiger partial charge in [0.05, 0.1) is 22.6 Å². The van der Waals surface area contributed by atoms with Crippen molar-refractivity contribution in [1.29, 1.82) is 0 Å². The van der Waals surface area contributed by atoms with Gasteiger partial charge in [-0.15, -0.1) is 0 Å². The van der Waals surface area contributed by atoms with E-state index in [-0.39, 0.29) is 5.91 Å². The normalized spacial score (nSPS) is 10.6. The Morgan fingerprint density at radius 1 is 1.09 bits per heavy atom. The molecule has 3 rings (SSSR count). The van der Waals surface area contributed by atoms with E-state index < -0.39 is 0 Å². The van der Waals surface area contributed by atoms with Crippen molar-refractivity contribution in [2.24, 2.45) is 0 Å². The molecule has 2 aromatic carbocycles. The summed E-state index contributed by atoms with van der Waals surface area (Å²) in [5, 5.41) is 7.43. The predicted octanol–water partition coefficient (Wildman–Crippen LogP) is 4.50. The first-order chi connectivity index (χ1) is 11.1. The molecule has 116 valence electrons. The van der Waals surface area contributed by atoms with Crippen molar-refractivity contribution in [3.63, 3.8) is 0 Å². The van der Waals surface area contributed by atoms with Crippen LogP contribution < -0.4 is 5.32 Å². The van der Waals surface area contributed by atoms with Crippen molar-refractivity contribution < 1.29 is 4.79 Å². The number of amides is 1. The minimum Gasteiger partial charge on any atom is -0.322 e. The largest absolute Gasteiger partial charge is 0.322 e. The lowest BCUT2D eigenvalue weighted by Crippen LogP contribution is -2.14. The molecule has 5 heteroatoms. The summed E-state index contributed by atoms with van der Waals surface area (Å²) < 4.78 is 2.72. The molecular formula is C18H16BrN3O. The number of hydrogen-bond acceptors (Lipinski definition) is 2. The van der Waals surface area contributed by atoms with Gasteiger partial charge in [-0.2, -0.15) is 5.10 Å². The molecule has 1 aromatic heterocycles. The Bertz CT molecular complexity index is 856. The maximum atomic E-state index is 12.6. The molecule has 0 spiro atoms. The van der Waals surface area contributed by atoms with Crippen LogP contribution in [0, 0.1) is 13.8 Å². The number of anilines is 1. The maximum Gasteiger partial charge on any atom is 0.259 e. The Balaban J connectivity index is 1.94. The first-order valence-corrected chi connectivity index (χ1v) is 8.04. The highest BCUT2D eigenvalue weighted by molar-refractivity contribution is 9.10. The van der Waals surface area contributed by atoms with E-state index >= 15 is 0 Å². The van der Waals surface area contributed by atoms with Crippen LogP contribution in [0.5, 0.6) is 0 Å². The summed E-state index contributed by atoms with van der Waals surface area (Å²) >= 11 is 3.40. The Morgan fingerprint density at radius 2 is 1.83 bits per heavy atom. The van der Waals surface area contributed by atoms with Gasteiger partial charge in [0.2, 0.25) is 0 Å². The van der Waals surface area contributed by atoms with Crippen molar-refractivity contribution in [3.8, 4) is 5.69 Å². The number of aromatic nitrogens is 2. The van der Waals surface area contributed by atoms with Crippen LogP contribution in [0.4, 0.5) is 5.69 Å². The molecule has 0 aliphatic rings. The number of para-hydroxylation sites is 1. The van der Waals surface area contributed by atoms with Gasteiger partial charge in [0, 0.05) is 10.2 Å². The van der Waals surface area contributed by atoms with E-state index in [0.29, 0.717) is 11.3 Å². The number of aryl methyl sites for hydroxylation is 1. The monoisotopic (exact) mass is 369 g/mol. The third-order valence-electron chi connectivity index (χ3n) is 3.60. The minimum atomic E-state index is -0.153. The van der Waals surface area contributed by atoms with Crippen molar-refractivity contribution in [2.45, 2.75) is 13.8 Å². The first kappa shape index (κ1) is 15.5. The molecule has 0 radical (unpaired) electrons. The molecule has 0 aliphatic carbocycles. The highest BCUT2D eigenvalue weighted by atomic mass is 79.9. The van der Waals surface area contributed by atoms with Crippen LogP contribution in [-0.2, 0) is 0 Å². The lowest BCUT2D eigenvalue weighted by atomic mass is 10.1. The van der Waals surface area contributed by atoms with Crippen LogP contribution in [-0.4, -0.2) is 15.7 Å². The maximum absolute atomic E-state index is 12.6. The molecule has 0 atom stereocenters. The Hall–Kier alpha value is -2.40. The molecule has 23 heavy (non-hydrogen) atoms. The second-order valence-corrected chi connectivity index (χ2v) is 6.17. The van der Waals surface area contributed by atoms with Crippen LogP contribution in [0.2, 0.25) is 0 Å². The van der Waals surface area contributed by atoms with E-state index in [1.165, 1.54) is 0 Å². The zero-order chi connectivity index (χ0) is 16.4. The molecule has 0 aliphatic heterocycles. The van der Waals surface area contributed by atoms with E-state index in [9.17, 15) is 4.79 Å². The topological polar surface area (TPSA) is 46.9 Å². The second-order valence-electron chi connectivity index (χ2n) is 5.26. The third-order valence-corrected chi connectivity index (χ3v) is 4.09. The van der Waals surface area contributed by atoms with Gasteiger partial charge in [0.25, 0.3) is 5.91 Å².